The molecule has 4 aromatic rings. The van der Waals surface area contributed by atoms with Gasteiger partial charge in [0.1, 0.15) is 10.5 Å². The summed E-state index contributed by atoms with van der Waals surface area (Å²) >= 11 is 1.54. The molecule has 7 nitrogen and oxygen atoms in total. The number of fused-ring (bicyclic) bond motifs is 1. The number of hydrogen-bond acceptors (Lipinski definition) is 7. The van der Waals surface area contributed by atoms with E-state index in [1.54, 1.807) is 0 Å². The van der Waals surface area contributed by atoms with Crippen molar-refractivity contribution in [3.63, 3.8) is 0 Å². The first-order chi connectivity index (χ1) is 13.7. The molecule has 0 radical (unpaired) electrons. The maximum absolute atomic E-state index is 6.10. The Hall–Kier alpha value is -2.58. The predicted molar refractivity (Wildman–Crippen MR) is 107 cm³/mol. The molecule has 1 atom stereocenters. The zero-order chi connectivity index (χ0) is 19.1. The Morgan fingerprint density at radius 2 is 2.11 bits per heavy atom. The van der Waals surface area contributed by atoms with Gasteiger partial charge in [0.2, 0.25) is 5.89 Å². The molecule has 1 fully saturated rings. The lowest BCUT2D eigenvalue weighted by Gasteiger charge is -2.33. The molecule has 28 heavy (non-hydrogen) atoms. The molecule has 1 saturated heterocycles. The lowest BCUT2D eigenvalue weighted by atomic mass is 10.0. The van der Waals surface area contributed by atoms with Crippen LogP contribution in [0.25, 0.3) is 16.4 Å². The van der Waals surface area contributed by atoms with E-state index < -0.39 is 0 Å². The van der Waals surface area contributed by atoms with Crippen LogP contribution in [0, 0.1) is 13.8 Å². The monoisotopic (exact) mass is 394 g/mol. The maximum Gasteiger partial charge on any atom is 0.259 e. The largest absolute Gasteiger partial charge is 0.418 e. The molecular formula is C20H22N6OS. The molecule has 0 bridgehead atoms. The molecule has 0 amide bonds. The normalized spacial score (nSPS) is 18.1. The van der Waals surface area contributed by atoms with Crippen molar-refractivity contribution in [3.05, 3.63) is 52.9 Å². The molecule has 144 valence electrons. The third kappa shape index (κ3) is 3.02. The minimum Gasteiger partial charge on any atom is -0.418 e. The van der Waals surface area contributed by atoms with Gasteiger partial charge in [0.15, 0.2) is 0 Å². The molecule has 8 heteroatoms. The van der Waals surface area contributed by atoms with Gasteiger partial charge >= 0.3 is 0 Å². The van der Waals surface area contributed by atoms with E-state index in [9.17, 15) is 0 Å². The van der Waals surface area contributed by atoms with Crippen molar-refractivity contribution in [3.8, 4) is 10.8 Å². The highest BCUT2D eigenvalue weighted by Gasteiger charge is 2.30. The lowest BCUT2D eigenvalue weighted by molar-refractivity contribution is 0.116. The molecule has 0 saturated carbocycles. The van der Waals surface area contributed by atoms with Gasteiger partial charge in [-0.1, -0.05) is 12.5 Å². The molecule has 1 aliphatic heterocycles. The van der Waals surface area contributed by atoms with Gasteiger partial charge < -0.3 is 8.82 Å². The second-order valence-electron chi connectivity index (χ2n) is 7.27. The van der Waals surface area contributed by atoms with Crippen LogP contribution in [-0.4, -0.2) is 36.0 Å². The number of rotatable bonds is 4. The summed E-state index contributed by atoms with van der Waals surface area (Å²) in [7, 11) is 0. The lowest BCUT2D eigenvalue weighted by Crippen LogP contribution is -2.33. The van der Waals surface area contributed by atoms with Crippen LogP contribution in [0.4, 0.5) is 0 Å². The van der Waals surface area contributed by atoms with E-state index in [-0.39, 0.29) is 6.04 Å². The van der Waals surface area contributed by atoms with E-state index >= 15 is 0 Å². The second kappa shape index (κ2) is 7.10. The van der Waals surface area contributed by atoms with Crippen molar-refractivity contribution in [2.45, 2.75) is 45.7 Å². The number of aromatic nitrogens is 5. The first-order valence-corrected chi connectivity index (χ1v) is 10.5. The molecule has 4 aromatic heterocycles. The molecule has 0 spiro atoms. The summed E-state index contributed by atoms with van der Waals surface area (Å²) in [5, 5.41) is 8.70. The SMILES string of the molecule is Cc1ncsc1-c1nnc(C2CCCCN2Cc2c(C)nc3ccccn23)o1. The van der Waals surface area contributed by atoms with Crippen molar-refractivity contribution in [1.29, 1.82) is 0 Å². The molecule has 1 unspecified atom stereocenters. The van der Waals surface area contributed by atoms with Gasteiger partial charge in [-0.3, -0.25) is 4.90 Å². The van der Waals surface area contributed by atoms with E-state index in [1.807, 2.05) is 30.6 Å². The number of thiazole rings is 1. The van der Waals surface area contributed by atoms with Gasteiger partial charge in [0.05, 0.1) is 28.6 Å². The zero-order valence-electron chi connectivity index (χ0n) is 16.0. The second-order valence-corrected chi connectivity index (χ2v) is 8.12. The molecule has 5 heterocycles. The predicted octanol–water partition coefficient (Wildman–Crippen LogP) is 4.18. The Morgan fingerprint density at radius 3 is 2.96 bits per heavy atom. The third-order valence-corrected chi connectivity index (χ3v) is 6.38. The van der Waals surface area contributed by atoms with Gasteiger partial charge in [-0.2, -0.15) is 0 Å². The maximum atomic E-state index is 6.10. The average molecular weight is 395 g/mol. The van der Waals surface area contributed by atoms with Crippen molar-refractivity contribution < 1.29 is 4.42 Å². The van der Waals surface area contributed by atoms with Crippen LogP contribution >= 0.6 is 11.3 Å². The van der Waals surface area contributed by atoms with Crippen LogP contribution in [-0.2, 0) is 6.54 Å². The molecule has 0 N–H and O–H groups in total. The van der Waals surface area contributed by atoms with Gasteiger partial charge in [-0.25, -0.2) is 9.97 Å². The van der Waals surface area contributed by atoms with E-state index in [2.05, 4.69) is 37.6 Å². The Balaban J connectivity index is 1.45. The highest BCUT2D eigenvalue weighted by Crippen LogP contribution is 2.34. The molecule has 0 aliphatic carbocycles. The first-order valence-electron chi connectivity index (χ1n) is 9.61. The summed E-state index contributed by atoms with van der Waals surface area (Å²) in [6.45, 7) is 5.88. The minimum absolute atomic E-state index is 0.136. The van der Waals surface area contributed by atoms with Gasteiger partial charge in [-0.15, -0.1) is 21.5 Å². The van der Waals surface area contributed by atoms with Crippen LogP contribution in [0.3, 0.4) is 0 Å². The zero-order valence-corrected chi connectivity index (χ0v) is 16.8. The third-order valence-electron chi connectivity index (χ3n) is 5.46. The molecule has 0 aromatic carbocycles. The van der Waals surface area contributed by atoms with Crippen molar-refractivity contribution >= 4 is 17.0 Å². The van der Waals surface area contributed by atoms with E-state index in [0.717, 1.165) is 41.4 Å². The summed E-state index contributed by atoms with van der Waals surface area (Å²) in [6, 6.07) is 6.26. The van der Waals surface area contributed by atoms with Gasteiger partial charge in [0, 0.05) is 12.7 Å². The van der Waals surface area contributed by atoms with Crippen molar-refractivity contribution in [1.82, 2.24) is 29.5 Å². The number of aryl methyl sites for hydroxylation is 2. The number of nitrogens with zero attached hydrogens (tertiary/aromatic N) is 6. The Labute approximate surface area is 167 Å². The minimum atomic E-state index is 0.136. The number of piperidine rings is 1. The fourth-order valence-electron chi connectivity index (χ4n) is 3.98. The smallest absolute Gasteiger partial charge is 0.259 e. The molecule has 5 rings (SSSR count). The summed E-state index contributed by atoms with van der Waals surface area (Å²) in [6.07, 6.45) is 5.46. The quantitative estimate of drug-likeness (QED) is 0.517. The van der Waals surface area contributed by atoms with Crippen LogP contribution in [0.5, 0.6) is 0 Å². The summed E-state index contributed by atoms with van der Waals surface area (Å²) < 4.78 is 8.28. The number of hydrogen-bond donors (Lipinski definition) is 0. The highest BCUT2D eigenvalue weighted by atomic mass is 32.1. The molecular weight excluding hydrogens is 372 g/mol. The Kier molecular flexibility index (Phi) is 4.44. The highest BCUT2D eigenvalue weighted by molar-refractivity contribution is 7.13. The Morgan fingerprint density at radius 1 is 1.18 bits per heavy atom. The van der Waals surface area contributed by atoms with Crippen LogP contribution < -0.4 is 0 Å². The average Bonchev–Trinajstić information content (AvgIpc) is 3.42. The number of likely N-dealkylation sites (tertiary alicyclic amines) is 1. The van der Waals surface area contributed by atoms with Crippen molar-refractivity contribution in [2.24, 2.45) is 0 Å². The van der Waals surface area contributed by atoms with E-state index in [0.29, 0.717) is 11.8 Å². The van der Waals surface area contributed by atoms with E-state index in [4.69, 9.17) is 9.40 Å². The number of pyridine rings is 1. The standard InChI is InChI=1S/C20H22N6OS/c1-13-16(26-10-6-4-8-17(26)22-13)11-25-9-5-3-7-15(25)19-23-24-20(27-19)18-14(2)21-12-28-18/h4,6,8,10,12,15H,3,5,7,9,11H2,1-2H3. The fourth-order valence-corrected chi connectivity index (χ4v) is 4.70. The van der Waals surface area contributed by atoms with Crippen LogP contribution in [0.15, 0.2) is 34.3 Å². The summed E-state index contributed by atoms with van der Waals surface area (Å²) in [4.78, 5) is 12.4. The topological polar surface area (TPSA) is 72.4 Å². The molecule has 1 aliphatic rings. The Bertz CT molecular complexity index is 1110. The van der Waals surface area contributed by atoms with Crippen LogP contribution in [0.2, 0.25) is 0 Å². The van der Waals surface area contributed by atoms with Gasteiger partial charge in [0.25, 0.3) is 5.89 Å². The summed E-state index contributed by atoms with van der Waals surface area (Å²) in [5.74, 6) is 1.28. The summed E-state index contributed by atoms with van der Waals surface area (Å²) in [5.41, 5.74) is 6.03. The van der Waals surface area contributed by atoms with Crippen molar-refractivity contribution in [2.75, 3.05) is 6.54 Å². The first kappa shape index (κ1) is 17.5. The number of imidazole rings is 1. The fraction of sp³-hybridized carbons (Fsp3) is 0.400. The van der Waals surface area contributed by atoms with Crippen LogP contribution in [0.1, 0.15) is 48.3 Å². The van der Waals surface area contributed by atoms with E-state index in [1.165, 1.54) is 29.9 Å². The van der Waals surface area contributed by atoms with Gasteiger partial charge in [-0.05, 0) is 45.4 Å².